The molecule has 0 saturated carbocycles. The van der Waals surface area contributed by atoms with Crippen LogP contribution in [-0.4, -0.2) is 12.2 Å². The zero-order chi connectivity index (χ0) is 12.3. The zero-order valence-corrected chi connectivity index (χ0v) is 8.58. The summed E-state index contributed by atoms with van der Waals surface area (Å²) < 4.78 is 42.2. The summed E-state index contributed by atoms with van der Waals surface area (Å²) >= 11 is 0. The maximum Gasteiger partial charge on any atom is 0.416 e. The molecular formula is C11H11F3O2. The summed E-state index contributed by atoms with van der Waals surface area (Å²) in [5.41, 5.74) is -0.760. The molecule has 0 bridgehead atoms. The van der Waals surface area contributed by atoms with E-state index in [1.165, 1.54) is 13.2 Å². The van der Waals surface area contributed by atoms with Crippen LogP contribution >= 0.6 is 0 Å². The van der Waals surface area contributed by atoms with Gasteiger partial charge < -0.3 is 9.84 Å². The van der Waals surface area contributed by atoms with Gasteiger partial charge in [0, 0.05) is 0 Å². The lowest BCUT2D eigenvalue weighted by Crippen LogP contribution is -2.07. The van der Waals surface area contributed by atoms with E-state index in [1.807, 2.05) is 0 Å². The molecule has 0 aliphatic heterocycles. The van der Waals surface area contributed by atoms with Gasteiger partial charge in [0.2, 0.25) is 0 Å². The maximum absolute atomic E-state index is 12.5. The summed E-state index contributed by atoms with van der Waals surface area (Å²) in [6.07, 6.45) is -4.46. The first kappa shape index (κ1) is 12.6. The summed E-state index contributed by atoms with van der Waals surface area (Å²) in [7, 11) is 1.26. The van der Waals surface area contributed by atoms with Crippen molar-refractivity contribution in [2.45, 2.75) is 12.3 Å². The van der Waals surface area contributed by atoms with Crippen molar-refractivity contribution in [3.05, 3.63) is 42.0 Å². The van der Waals surface area contributed by atoms with Gasteiger partial charge in [-0.3, -0.25) is 0 Å². The fourth-order valence-corrected chi connectivity index (χ4v) is 1.21. The minimum absolute atomic E-state index is 0.0470. The Kier molecular flexibility index (Phi) is 3.59. The first-order chi connectivity index (χ1) is 7.38. The Labute approximate surface area is 91.0 Å². The highest BCUT2D eigenvalue weighted by Crippen LogP contribution is 2.34. The number of aliphatic hydroxyl groups excluding tert-OH is 1. The van der Waals surface area contributed by atoms with Crippen LogP contribution in [0.1, 0.15) is 17.2 Å². The highest BCUT2D eigenvalue weighted by Gasteiger charge is 2.31. The first-order valence-corrected chi connectivity index (χ1v) is 4.45. The number of aliphatic hydroxyl groups is 1. The van der Waals surface area contributed by atoms with Gasteiger partial charge in [0.15, 0.2) is 0 Å². The van der Waals surface area contributed by atoms with Gasteiger partial charge in [-0.15, -0.1) is 6.58 Å². The quantitative estimate of drug-likeness (QED) is 0.812. The van der Waals surface area contributed by atoms with E-state index in [9.17, 15) is 18.3 Å². The van der Waals surface area contributed by atoms with Gasteiger partial charge >= 0.3 is 6.18 Å². The van der Waals surface area contributed by atoms with Gasteiger partial charge in [0.05, 0.1) is 18.8 Å². The molecule has 1 N–H and O–H groups in total. The SMILES string of the molecule is C=CC(O)c1cc(OC)cc(C(F)(F)F)c1. The number of hydrogen-bond acceptors (Lipinski definition) is 2. The summed E-state index contributed by atoms with van der Waals surface area (Å²) in [5.74, 6) is 0.0470. The molecule has 1 aromatic rings. The van der Waals surface area contributed by atoms with E-state index >= 15 is 0 Å². The normalized spacial score (nSPS) is 13.3. The predicted molar refractivity (Wildman–Crippen MR) is 53.2 cm³/mol. The highest BCUT2D eigenvalue weighted by atomic mass is 19.4. The van der Waals surface area contributed by atoms with Crippen LogP contribution in [0.2, 0.25) is 0 Å². The molecule has 88 valence electrons. The summed E-state index contributed by atoms with van der Waals surface area (Å²) in [4.78, 5) is 0. The van der Waals surface area contributed by atoms with Crippen molar-refractivity contribution in [2.75, 3.05) is 7.11 Å². The molecule has 0 aliphatic rings. The van der Waals surface area contributed by atoms with E-state index in [4.69, 9.17) is 4.74 Å². The van der Waals surface area contributed by atoms with E-state index in [0.717, 1.165) is 18.2 Å². The lowest BCUT2D eigenvalue weighted by molar-refractivity contribution is -0.137. The zero-order valence-electron chi connectivity index (χ0n) is 8.58. The second-order valence-electron chi connectivity index (χ2n) is 3.17. The van der Waals surface area contributed by atoms with E-state index in [-0.39, 0.29) is 11.3 Å². The molecule has 0 saturated heterocycles. The van der Waals surface area contributed by atoms with Crippen LogP contribution in [-0.2, 0) is 6.18 Å². The lowest BCUT2D eigenvalue weighted by Gasteiger charge is -2.13. The van der Waals surface area contributed by atoms with Crippen molar-refractivity contribution >= 4 is 0 Å². The first-order valence-electron chi connectivity index (χ1n) is 4.45. The molecular weight excluding hydrogens is 221 g/mol. The number of alkyl halides is 3. The Balaban J connectivity index is 3.26. The standard InChI is InChI=1S/C11H11F3O2/c1-3-10(15)7-4-8(11(12,13)14)6-9(5-7)16-2/h3-6,10,15H,1H2,2H3. The topological polar surface area (TPSA) is 29.5 Å². The van der Waals surface area contributed by atoms with Gasteiger partial charge in [-0.1, -0.05) is 6.08 Å². The van der Waals surface area contributed by atoms with E-state index in [1.54, 1.807) is 0 Å². The smallest absolute Gasteiger partial charge is 0.416 e. The number of hydrogen-bond donors (Lipinski definition) is 1. The van der Waals surface area contributed by atoms with Gasteiger partial charge in [-0.05, 0) is 23.8 Å². The predicted octanol–water partition coefficient (Wildman–Crippen LogP) is 2.93. The van der Waals surface area contributed by atoms with Crippen molar-refractivity contribution in [1.82, 2.24) is 0 Å². The number of rotatable bonds is 3. The number of methoxy groups -OCH3 is 1. The molecule has 1 aromatic carbocycles. The van der Waals surface area contributed by atoms with E-state index in [2.05, 4.69) is 6.58 Å². The third kappa shape index (κ3) is 2.76. The van der Waals surface area contributed by atoms with Crippen LogP contribution in [0.4, 0.5) is 13.2 Å². The van der Waals surface area contributed by atoms with Gasteiger partial charge in [-0.2, -0.15) is 13.2 Å². The van der Waals surface area contributed by atoms with Gasteiger partial charge in [0.25, 0.3) is 0 Å². The van der Waals surface area contributed by atoms with E-state index in [0.29, 0.717) is 0 Å². The monoisotopic (exact) mass is 232 g/mol. The van der Waals surface area contributed by atoms with Crippen molar-refractivity contribution < 1.29 is 23.0 Å². The number of halogens is 3. The molecule has 0 aromatic heterocycles. The molecule has 0 fully saturated rings. The molecule has 1 unspecified atom stereocenters. The summed E-state index contributed by atoms with van der Waals surface area (Å²) in [6.45, 7) is 3.31. The maximum atomic E-state index is 12.5. The van der Waals surface area contributed by atoms with Crippen molar-refractivity contribution in [3.8, 4) is 5.75 Å². The minimum atomic E-state index is -4.47. The third-order valence-electron chi connectivity index (χ3n) is 2.06. The second-order valence-corrected chi connectivity index (χ2v) is 3.17. The van der Waals surface area contributed by atoms with E-state index < -0.39 is 17.8 Å². The molecule has 5 heteroatoms. The molecule has 2 nitrogen and oxygen atoms in total. The van der Waals surface area contributed by atoms with Gasteiger partial charge in [0.1, 0.15) is 5.75 Å². The fourth-order valence-electron chi connectivity index (χ4n) is 1.21. The molecule has 0 heterocycles. The van der Waals surface area contributed by atoms with Crippen LogP contribution in [0.5, 0.6) is 5.75 Å². The molecule has 1 rings (SSSR count). The molecule has 0 amide bonds. The van der Waals surface area contributed by atoms with Crippen LogP contribution in [0, 0.1) is 0 Å². The molecule has 16 heavy (non-hydrogen) atoms. The van der Waals surface area contributed by atoms with Crippen molar-refractivity contribution in [2.24, 2.45) is 0 Å². The molecule has 1 atom stereocenters. The minimum Gasteiger partial charge on any atom is -0.497 e. The number of ether oxygens (including phenoxy) is 1. The van der Waals surface area contributed by atoms with Gasteiger partial charge in [-0.25, -0.2) is 0 Å². The highest BCUT2D eigenvalue weighted by molar-refractivity contribution is 5.37. The van der Waals surface area contributed by atoms with Crippen molar-refractivity contribution in [3.63, 3.8) is 0 Å². The largest absolute Gasteiger partial charge is 0.497 e. The summed E-state index contributed by atoms with van der Waals surface area (Å²) in [6, 6.07) is 3.08. The Hall–Kier alpha value is -1.49. The van der Waals surface area contributed by atoms with Crippen LogP contribution in [0.15, 0.2) is 30.9 Å². The van der Waals surface area contributed by atoms with Crippen molar-refractivity contribution in [1.29, 1.82) is 0 Å². The Morgan fingerprint density at radius 2 is 2.00 bits per heavy atom. The average molecular weight is 232 g/mol. The Bertz CT molecular complexity index is 385. The molecule has 0 spiro atoms. The lowest BCUT2D eigenvalue weighted by atomic mass is 10.0. The second kappa shape index (κ2) is 4.57. The average Bonchev–Trinajstić information content (AvgIpc) is 2.26. The van der Waals surface area contributed by atoms with Crippen LogP contribution in [0.3, 0.4) is 0 Å². The molecule has 0 aliphatic carbocycles. The Morgan fingerprint density at radius 3 is 2.44 bits per heavy atom. The van der Waals surface area contributed by atoms with Crippen LogP contribution < -0.4 is 4.74 Å². The fraction of sp³-hybridized carbons (Fsp3) is 0.273. The summed E-state index contributed by atoms with van der Waals surface area (Å²) in [5, 5.41) is 9.40. The van der Waals surface area contributed by atoms with Crippen LogP contribution in [0.25, 0.3) is 0 Å². The number of benzene rings is 1. The Morgan fingerprint density at radius 1 is 1.38 bits per heavy atom. The third-order valence-corrected chi connectivity index (χ3v) is 2.06. The molecule has 0 radical (unpaired) electrons.